The Morgan fingerprint density at radius 3 is 2.80 bits per heavy atom. The summed E-state index contributed by atoms with van der Waals surface area (Å²) in [7, 11) is 0. The van der Waals surface area contributed by atoms with Crippen molar-refractivity contribution >= 4 is 11.6 Å². The molecule has 2 aromatic carbocycles. The van der Waals surface area contributed by atoms with E-state index in [0.29, 0.717) is 17.8 Å². The van der Waals surface area contributed by atoms with Gasteiger partial charge in [-0.15, -0.1) is 0 Å². The number of pyridine rings is 1. The molecule has 150 valence electrons. The summed E-state index contributed by atoms with van der Waals surface area (Å²) in [5.74, 6) is 0.725. The third-order valence-corrected chi connectivity index (χ3v) is 5.31. The smallest absolute Gasteiger partial charge is 0.347 e. The maximum atomic E-state index is 12.4. The Morgan fingerprint density at radius 1 is 1.17 bits per heavy atom. The number of aromatic amines is 1. The van der Waals surface area contributed by atoms with Gasteiger partial charge >= 0.3 is 5.69 Å². The Labute approximate surface area is 172 Å². The molecule has 1 aliphatic rings. The number of hydrogen-bond donors (Lipinski definition) is 2. The number of hydrogen-bond acceptors (Lipinski definition) is 4. The van der Waals surface area contributed by atoms with E-state index in [0.717, 1.165) is 28.9 Å². The number of H-pyrrole nitrogens is 1. The lowest BCUT2D eigenvalue weighted by Gasteiger charge is -2.08. The van der Waals surface area contributed by atoms with Gasteiger partial charge in [-0.1, -0.05) is 30.3 Å². The second-order valence-electron chi connectivity index (χ2n) is 7.51. The van der Waals surface area contributed by atoms with Gasteiger partial charge in [0.1, 0.15) is 11.9 Å². The number of nitrogens with one attached hydrogen (secondary N) is 2. The molecule has 30 heavy (non-hydrogen) atoms. The minimum atomic E-state index is -0.372. The summed E-state index contributed by atoms with van der Waals surface area (Å²) in [6.07, 6.45) is 2.65. The fraction of sp³-hybridized carbons (Fsp3) is 0.174. The third kappa shape index (κ3) is 3.34. The van der Waals surface area contributed by atoms with Crippen molar-refractivity contribution in [3.63, 3.8) is 0 Å². The van der Waals surface area contributed by atoms with Crippen molar-refractivity contribution in [1.82, 2.24) is 19.9 Å². The molecule has 4 aromatic rings. The van der Waals surface area contributed by atoms with Crippen LogP contribution in [0, 0.1) is 0 Å². The standard InChI is InChI=1S/C23H20N4O3/c1-14-10-19-11-17(6-8-20(19)30-14)16-4-2-15(3-5-16)12-24-22(28)18-7-9-21-25-26-23(29)27(21)13-18/h2-9,11,13-14H,10,12H2,1H3,(H,24,28)(H,26,29). The molecule has 1 atom stereocenters. The van der Waals surface area contributed by atoms with Crippen molar-refractivity contribution in [2.45, 2.75) is 26.0 Å². The molecule has 1 amide bonds. The van der Waals surface area contributed by atoms with Crippen LogP contribution in [0.25, 0.3) is 16.8 Å². The molecule has 1 aliphatic heterocycles. The van der Waals surface area contributed by atoms with Gasteiger partial charge in [-0.05, 0) is 53.4 Å². The van der Waals surface area contributed by atoms with Gasteiger partial charge in [-0.3, -0.25) is 4.79 Å². The van der Waals surface area contributed by atoms with Crippen LogP contribution >= 0.6 is 0 Å². The van der Waals surface area contributed by atoms with Gasteiger partial charge in [-0.2, -0.15) is 5.10 Å². The van der Waals surface area contributed by atoms with Crippen molar-refractivity contribution in [3.05, 3.63) is 88.0 Å². The van der Waals surface area contributed by atoms with Crippen molar-refractivity contribution in [2.75, 3.05) is 0 Å². The van der Waals surface area contributed by atoms with Gasteiger partial charge in [0.05, 0.1) is 5.56 Å². The molecule has 2 aromatic heterocycles. The molecule has 0 radical (unpaired) electrons. The Kier molecular flexibility index (Phi) is 4.35. The predicted octanol–water partition coefficient (Wildman–Crippen LogP) is 2.94. The number of carbonyl (C=O) groups is 1. The second kappa shape index (κ2) is 7.18. The summed E-state index contributed by atoms with van der Waals surface area (Å²) in [6, 6.07) is 17.7. The van der Waals surface area contributed by atoms with E-state index in [9.17, 15) is 9.59 Å². The van der Waals surface area contributed by atoms with Crippen LogP contribution in [0.4, 0.5) is 0 Å². The SMILES string of the molecule is CC1Cc2cc(-c3ccc(CNC(=O)c4ccc5n[nH]c(=O)n5c4)cc3)ccc2O1. The Bertz CT molecular complexity index is 1300. The highest BCUT2D eigenvalue weighted by atomic mass is 16.5. The van der Waals surface area contributed by atoms with Crippen LogP contribution in [0.2, 0.25) is 0 Å². The average Bonchev–Trinajstić information content (AvgIpc) is 3.33. The number of amides is 1. The molecular formula is C23H20N4O3. The maximum Gasteiger partial charge on any atom is 0.347 e. The van der Waals surface area contributed by atoms with Crippen LogP contribution in [0.5, 0.6) is 5.75 Å². The van der Waals surface area contributed by atoms with Crippen LogP contribution in [-0.4, -0.2) is 26.6 Å². The van der Waals surface area contributed by atoms with Crippen molar-refractivity contribution in [2.24, 2.45) is 0 Å². The zero-order valence-electron chi connectivity index (χ0n) is 16.4. The number of ether oxygens (including phenoxy) is 1. The Balaban J connectivity index is 1.27. The minimum Gasteiger partial charge on any atom is -0.490 e. The largest absolute Gasteiger partial charge is 0.490 e. The van der Waals surface area contributed by atoms with Gasteiger partial charge in [0.25, 0.3) is 5.91 Å². The van der Waals surface area contributed by atoms with Crippen LogP contribution < -0.4 is 15.7 Å². The average molecular weight is 400 g/mol. The normalized spacial score (nSPS) is 15.0. The Hall–Kier alpha value is -3.87. The van der Waals surface area contributed by atoms with E-state index in [1.54, 1.807) is 12.1 Å². The fourth-order valence-corrected chi connectivity index (χ4v) is 3.74. The maximum absolute atomic E-state index is 12.4. The summed E-state index contributed by atoms with van der Waals surface area (Å²) in [5.41, 5.74) is 5.01. The zero-order valence-corrected chi connectivity index (χ0v) is 16.4. The molecule has 7 heteroatoms. The minimum absolute atomic E-state index is 0.231. The van der Waals surface area contributed by atoms with Crippen LogP contribution in [0.15, 0.2) is 65.6 Å². The lowest BCUT2D eigenvalue weighted by molar-refractivity contribution is 0.0950. The molecule has 2 N–H and O–H groups in total. The first kappa shape index (κ1) is 18.2. The summed E-state index contributed by atoms with van der Waals surface area (Å²) < 4.78 is 7.08. The van der Waals surface area contributed by atoms with Crippen molar-refractivity contribution < 1.29 is 9.53 Å². The number of fused-ring (bicyclic) bond motifs is 2. The fourth-order valence-electron chi connectivity index (χ4n) is 3.74. The summed E-state index contributed by atoms with van der Waals surface area (Å²) in [4.78, 5) is 24.1. The van der Waals surface area contributed by atoms with Crippen LogP contribution in [-0.2, 0) is 13.0 Å². The molecule has 7 nitrogen and oxygen atoms in total. The molecule has 0 saturated carbocycles. The van der Waals surface area contributed by atoms with Crippen molar-refractivity contribution in [3.8, 4) is 16.9 Å². The topological polar surface area (TPSA) is 88.5 Å². The molecule has 0 aliphatic carbocycles. The summed E-state index contributed by atoms with van der Waals surface area (Å²) in [6.45, 7) is 2.47. The first-order valence-corrected chi connectivity index (χ1v) is 9.81. The lowest BCUT2D eigenvalue weighted by Crippen LogP contribution is -2.23. The van der Waals surface area contributed by atoms with Gasteiger partial charge < -0.3 is 10.1 Å². The molecular weight excluding hydrogens is 380 g/mol. The van der Waals surface area contributed by atoms with E-state index in [2.05, 4.69) is 46.7 Å². The predicted molar refractivity (Wildman–Crippen MR) is 113 cm³/mol. The van der Waals surface area contributed by atoms with Gasteiger partial charge in [0.15, 0.2) is 5.65 Å². The highest BCUT2D eigenvalue weighted by Crippen LogP contribution is 2.32. The monoisotopic (exact) mass is 400 g/mol. The molecule has 5 rings (SSSR count). The molecule has 0 saturated heterocycles. The number of carbonyl (C=O) groups excluding carboxylic acids is 1. The first-order chi connectivity index (χ1) is 14.6. The molecule has 0 bridgehead atoms. The summed E-state index contributed by atoms with van der Waals surface area (Å²) >= 11 is 0. The molecule has 0 fully saturated rings. The van der Waals surface area contributed by atoms with E-state index in [-0.39, 0.29) is 17.7 Å². The number of rotatable bonds is 4. The summed E-state index contributed by atoms with van der Waals surface area (Å²) in [5, 5.41) is 9.10. The second-order valence-corrected chi connectivity index (χ2v) is 7.51. The highest BCUT2D eigenvalue weighted by molar-refractivity contribution is 5.94. The van der Waals surface area contributed by atoms with E-state index in [1.807, 2.05) is 18.2 Å². The van der Waals surface area contributed by atoms with E-state index in [4.69, 9.17) is 4.74 Å². The third-order valence-electron chi connectivity index (χ3n) is 5.31. The van der Waals surface area contributed by atoms with Gasteiger partial charge in [-0.25, -0.2) is 14.3 Å². The lowest BCUT2D eigenvalue weighted by atomic mass is 10.00. The van der Waals surface area contributed by atoms with Crippen molar-refractivity contribution in [1.29, 1.82) is 0 Å². The van der Waals surface area contributed by atoms with E-state index in [1.165, 1.54) is 16.2 Å². The molecule has 0 spiro atoms. The molecule has 3 heterocycles. The van der Waals surface area contributed by atoms with Crippen LogP contribution in [0.1, 0.15) is 28.4 Å². The number of aromatic nitrogens is 3. The number of nitrogens with zero attached hydrogens (tertiary/aromatic N) is 2. The van der Waals surface area contributed by atoms with Crippen LogP contribution in [0.3, 0.4) is 0 Å². The quantitative estimate of drug-likeness (QED) is 0.551. The number of benzene rings is 2. The first-order valence-electron chi connectivity index (χ1n) is 9.81. The van der Waals surface area contributed by atoms with Gasteiger partial charge in [0, 0.05) is 19.2 Å². The van der Waals surface area contributed by atoms with E-state index >= 15 is 0 Å². The van der Waals surface area contributed by atoms with Gasteiger partial charge in [0.2, 0.25) is 0 Å². The molecule has 1 unspecified atom stereocenters. The zero-order chi connectivity index (χ0) is 20.7. The highest BCUT2D eigenvalue weighted by Gasteiger charge is 2.19. The Morgan fingerprint density at radius 2 is 1.97 bits per heavy atom. The van der Waals surface area contributed by atoms with E-state index < -0.39 is 0 Å².